The van der Waals surface area contributed by atoms with E-state index < -0.39 is 6.10 Å². The van der Waals surface area contributed by atoms with E-state index in [1.54, 1.807) is 12.3 Å². The lowest BCUT2D eigenvalue weighted by Crippen LogP contribution is -2.32. The number of nitrogens with zero attached hydrogens (tertiary/aromatic N) is 2. The van der Waals surface area contributed by atoms with Crippen LogP contribution < -0.4 is 5.32 Å². The third-order valence-corrected chi connectivity index (χ3v) is 5.21. The van der Waals surface area contributed by atoms with E-state index >= 15 is 0 Å². The van der Waals surface area contributed by atoms with Crippen LogP contribution in [-0.2, 0) is 11.2 Å². The van der Waals surface area contributed by atoms with Crippen molar-refractivity contribution >= 4 is 5.97 Å². The number of rotatable bonds is 8. The molecule has 0 aliphatic rings. The Hall–Kier alpha value is -2.96. The number of carbonyl (C=O) groups excluding carboxylic acids is 1. The van der Waals surface area contributed by atoms with Crippen LogP contribution in [-0.4, -0.2) is 40.3 Å². The van der Waals surface area contributed by atoms with E-state index in [4.69, 9.17) is 4.74 Å². The van der Waals surface area contributed by atoms with E-state index in [0.717, 1.165) is 34.8 Å². The van der Waals surface area contributed by atoms with Gasteiger partial charge in [-0.05, 0) is 63.1 Å². The Labute approximate surface area is 177 Å². The number of methoxy groups -OCH3 is 1. The molecule has 2 N–H and O–H groups in total. The van der Waals surface area contributed by atoms with Crippen LogP contribution in [0.3, 0.4) is 0 Å². The average Bonchev–Trinajstić information content (AvgIpc) is 3.09. The molecule has 6 nitrogen and oxygen atoms in total. The maximum absolute atomic E-state index is 11.7. The number of carbonyl (C=O) groups is 1. The van der Waals surface area contributed by atoms with Crippen molar-refractivity contribution in [2.75, 3.05) is 13.7 Å². The van der Waals surface area contributed by atoms with Crippen molar-refractivity contribution in [3.05, 3.63) is 82.8 Å². The predicted octanol–water partition coefficient (Wildman–Crippen LogP) is 3.53. The second kappa shape index (κ2) is 9.69. The zero-order valence-corrected chi connectivity index (χ0v) is 17.9. The lowest BCUT2D eigenvalue weighted by atomic mass is 10.0. The molecule has 0 radical (unpaired) electrons. The van der Waals surface area contributed by atoms with Gasteiger partial charge < -0.3 is 19.7 Å². The molecule has 0 aliphatic heterocycles. The number of hydrogen-bond donors (Lipinski definition) is 2. The number of aliphatic hydroxyl groups is 1. The molecule has 3 aromatic rings. The van der Waals surface area contributed by atoms with Crippen LogP contribution in [0.5, 0.6) is 0 Å². The molecule has 2 heterocycles. The van der Waals surface area contributed by atoms with Gasteiger partial charge in [0.2, 0.25) is 0 Å². The molecule has 2 atom stereocenters. The first kappa shape index (κ1) is 21.7. The number of ether oxygens (including phenoxy) is 1. The summed E-state index contributed by atoms with van der Waals surface area (Å²) in [6.07, 6.45) is 1.81. The molecule has 2 aromatic heterocycles. The third-order valence-electron chi connectivity index (χ3n) is 5.21. The van der Waals surface area contributed by atoms with E-state index in [2.05, 4.69) is 33.9 Å². The molecule has 0 spiro atoms. The zero-order valence-electron chi connectivity index (χ0n) is 17.9. The molecule has 30 heavy (non-hydrogen) atoms. The summed E-state index contributed by atoms with van der Waals surface area (Å²) in [5, 5.41) is 13.9. The monoisotopic (exact) mass is 407 g/mol. The summed E-state index contributed by atoms with van der Waals surface area (Å²) in [6, 6.07) is 15.5. The van der Waals surface area contributed by atoms with E-state index in [1.807, 2.05) is 44.2 Å². The van der Waals surface area contributed by atoms with Crippen molar-refractivity contribution in [1.29, 1.82) is 0 Å². The summed E-state index contributed by atoms with van der Waals surface area (Å²) in [6.45, 7) is 6.56. The van der Waals surface area contributed by atoms with E-state index in [0.29, 0.717) is 12.1 Å². The maximum atomic E-state index is 11.7. The van der Waals surface area contributed by atoms with Crippen LogP contribution in [0.25, 0.3) is 5.82 Å². The number of nitrogens with one attached hydrogen (secondary N) is 1. The number of aryl methyl sites for hydroxylation is 2. The number of esters is 1. The number of pyridine rings is 1. The standard InChI is InChI=1S/C24H29N3O3/c1-16(12-19-6-5-7-20(13-19)24(29)30-4)25-15-22(28)21-10-11-23(26-14-21)27-17(2)8-9-18(27)3/h5-11,13-14,16,22,25,28H,12,15H2,1-4H3/t16-,22-/m1/s1. The zero-order chi connectivity index (χ0) is 21.7. The minimum Gasteiger partial charge on any atom is -0.465 e. The topological polar surface area (TPSA) is 76.4 Å². The number of aliphatic hydroxyl groups excluding tert-OH is 1. The normalized spacial score (nSPS) is 13.1. The summed E-state index contributed by atoms with van der Waals surface area (Å²) in [5.41, 5.74) is 4.60. The van der Waals surface area contributed by atoms with Crippen LogP contribution in [0.2, 0.25) is 0 Å². The van der Waals surface area contributed by atoms with Crippen molar-refractivity contribution < 1.29 is 14.6 Å². The van der Waals surface area contributed by atoms with E-state index in [1.165, 1.54) is 7.11 Å². The molecular weight excluding hydrogens is 378 g/mol. The molecule has 0 fully saturated rings. The lowest BCUT2D eigenvalue weighted by molar-refractivity contribution is 0.0600. The first-order valence-electron chi connectivity index (χ1n) is 10.1. The van der Waals surface area contributed by atoms with Crippen LogP contribution in [0.15, 0.2) is 54.7 Å². The molecule has 0 amide bonds. The Balaban J connectivity index is 1.56. The molecule has 3 rings (SSSR count). The minimum absolute atomic E-state index is 0.130. The van der Waals surface area contributed by atoms with Crippen LogP contribution >= 0.6 is 0 Å². The molecule has 6 heteroatoms. The molecule has 0 saturated carbocycles. The number of hydrogen-bond acceptors (Lipinski definition) is 5. The smallest absolute Gasteiger partial charge is 0.337 e. The van der Waals surface area contributed by atoms with Gasteiger partial charge in [0.1, 0.15) is 5.82 Å². The maximum Gasteiger partial charge on any atom is 0.337 e. The minimum atomic E-state index is -0.651. The summed E-state index contributed by atoms with van der Waals surface area (Å²) < 4.78 is 6.86. The van der Waals surface area contributed by atoms with Gasteiger partial charge in [-0.3, -0.25) is 0 Å². The summed E-state index contributed by atoms with van der Waals surface area (Å²) >= 11 is 0. The summed E-state index contributed by atoms with van der Waals surface area (Å²) in [5.74, 6) is 0.506. The fraction of sp³-hybridized carbons (Fsp3) is 0.333. The van der Waals surface area contributed by atoms with Crippen molar-refractivity contribution in [3.63, 3.8) is 0 Å². The highest BCUT2D eigenvalue weighted by molar-refractivity contribution is 5.89. The predicted molar refractivity (Wildman–Crippen MR) is 117 cm³/mol. The van der Waals surface area contributed by atoms with Crippen LogP contribution in [0, 0.1) is 13.8 Å². The van der Waals surface area contributed by atoms with Gasteiger partial charge in [0.05, 0.1) is 18.8 Å². The third kappa shape index (κ3) is 5.14. The van der Waals surface area contributed by atoms with Gasteiger partial charge in [-0.25, -0.2) is 9.78 Å². The Bertz CT molecular complexity index is 976. The van der Waals surface area contributed by atoms with E-state index in [9.17, 15) is 9.90 Å². The van der Waals surface area contributed by atoms with Gasteiger partial charge in [0.15, 0.2) is 0 Å². The van der Waals surface area contributed by atoms with Crippen molar-refractivity contribution in [2.24, 2.45) is 0 Å². The SMILES string of the molecule is COC(=O)c1cccc(C[C@@H](C)NC[C@@H](O)c2ccc(-n3c(C)ccc3C)nc2)c1. The molecule has 1 aromatic carbocycles. The average molecular weight is 408 g/mol. The second-order valence-corrected chi connectivity index (χ2v) is 7.62. The molecule has 0 saturated heterocycles. The van der Waals surface area contributed by atoms with Gasteiger partial charge in [0.25, 0.3) is 0 Å². The second-order valence-electron chi connectivity index (χ2n) is 7.62. The van der Waals surface area contributed by atoms with Crippen molar-refractivity contribution in [2.45, 2.75) is 39.3 Å². The largest absolute Gasteiger partial charge is 0.465 e. The quantitative estimate of drug-likeness (QED) is 0.559. The van der Waals surface area contributed by atoms with Crippen molar-refractivity contribution in [3.8, 4) is 5.82 Å². The van der Waals surface area contributed by atoms with Crippen molar-refractivity contribution in [1.82, 2.24) is 14.9 Å². The Morgan fingerprint density at radius 3 is 2.53 bits per heavy atom. The first-order valence-corrected chi connectivity index (χ1v) is 10.1. The lowest BCUT2D eigenvalue weighted by Gasteiger charge is -2.18. The van der Waals surface area contributed by atoms with Crippen LogP contribution in [0.1, 0.15) is 45.9 Å². The van der Waals surface area contributed by atoms with Gasteiger partial charge in [-0.2, -0.15) is 0 Å². The molecule has 0 bridgehead atoms. The van der Waals surface area contributed by atoms with E-state index in [-0.39, 0.29) is 12.0 Å². The fourth-order valence-electron chi connectivity index (χ4n) is 3.56. The summed E-state index contributed by atoms with van der Waals surface area (Å²) in [4.78, 5) is 16.2. The summed E-state index contributed by atoms with van der Waals surface area (Å²) in [7, 11) is 1.38. The highest BCUT2D eigenvalue weighted by Gasteiger charge is 2.13. The fourth-order valence-corrected chi connectivity index (χ4v) is 3.56. The molecule has 158 valence electrons. The molecule has 0 aliphatic carbocycles. The number of aromatic nitrogens is 2. The Morgan fingerprint density at radius 2 is 1.90 bits per heavy atom. The first-order chi connectivity index (χ1) is 14.4. The highest BCUT2D eigenvalue weighted by Crippen LogP contribution is 2.17. The Morgan fingerprint density at radius 1 is 1.17 bits per heavy atom. The molecular formula is C24H29N3O3. The molecule has 0 unspecified atom stereocenters. The number of benzene rings is 1. The van der Waals surface area contributed by atoms with Crippen LogP contribution in [0.4, 0.5) is 0 Å². The highest BCUT2D eigenvalue weighted by atomic mass is 16.5. The van der Waals surface area contributed by atoms with Gasteiger partial charge in [-0.1, -0.05) is 18.2 Å². The van der Waals surface area contributed by atoms with Gasteiger partial charge in [-0.15, -0.1) is 0 Å². The van der Waals surface area contributed by atoms with Gasteiger partial charge >= 0.3 is 5.97 Å². The Kier molecular flexibility index (Phi) is 7.03. The van der Waals surface area contributed by atoms with Gasteiger partial charge in [0, 0.05) is 35.7 Å².